The lowest BCUT2D eigenvalue weighted by Gasteiger charge is -2.15. The van der Waals surface area contributed by atoms with Gasteiger partial charge < -0.3 is 5.32 Å². The van der Waals surface area contributed by atoms with Gasteiger partial charge in [0.25, 0.3) is 0 Å². The number of anilines is 1. The molecule has 0 aliphatic rings. The fourth-order valence-corrected chi connectivity index (χ4v) is 2.61. The van der Waals surface area contributed by atoms with Crippen molar-refractivity contribution in [1.29, 1.82) is 0 Å². The molecule has 2 aromatic rings. The van der Waals surface area contributed by atoms with Crippen LogP contribution in [0.3, 0.4) is 0 Å². The average Bonchev–Trinajstić information content (AvgIpc) is 2.51. The highest BCUT2D eigenvalue weighted by Gasteiger charge is 2.06. The zero-order chi connectivity index (χ0) is 17.0. The number of hydrogen-bond acceptors (Lipinski definition) is 1. The van der Waals surface area contributed by atoms with E-state index in [9.17, 15) is 0 Å². The van der Waals surface area contributed by atoms with Gasteiger partial charge in [-0.05, 0) is 73.2 Å². The van der Waals surface area contributed by atoms with Crippen LogP contribution in [-0.2, 0) is 0 Å². The highest BCUT2D eigenvalue weighted by Crippen LogP contribution is 2.26. The van der Waals surface area contributed by atoms with E-state index in [4.69, 9.17) is 0 Å². The van der Waals surface area contributed by atoms with Gasteiger partial charge >= 0.3 is 0 Å². The summed E-state index contributed by atoms with van der Waals surface area (Å²) in [5, 5.41) is 3.45. The molecule has 0 heterocycles. The smallest absolute Gasteiger partial charge is 0.0416 e. The number of rotatable bonds is 5. The molecule has 2 rings (SSSR count). The molecule has 0 aliphatic heterocycles. The highest BCUT2D eigenvalue weighted by atomic mass is 14.9. The second kappa shape index (κ2) is 7.15. The minimum atomic E-state index is 0.909. The Morgan fingerprint density at radius 1 is 1.00 bits per heavy atom. The molecule has 0 amide bonds. The van der Waals surface area contributed by atoms with Crippen LogP contribution in [-0.4, -0.2) is 0 Å². The maximum Gasteiger partial charge on any atom is 0.0416 e. The van der Waals surface area contributed by atoms with Gasteiger partial charge in [0, 0.05) is 11.4 Å². The summed E-state index contributed by atoms with van der Waals surface area (Å²) in [7, 11) is 0. The zero-order valence-electron chi connectivity index (χ0n) is 14.5. The van der Waals surface area contributed by atoms with E-state index >= 15 is 0 Å². The van der Waals surface area contributed by atoms with Crippen LogP contribution in [0.2, 0.25) is 0 Å². The summed E-state index contributed by atoms with van der Waals surface area (Å²) in [6.07, 6.45) is 3.86. The number of benzene rings is 2. The van der Waals surface area contributed by atoms with Crippen molar-refractivity contribution in [2.45, 2.75) is 27.7 Å². The SMILES string of the molecule is C=C/C=C(/C)c1cc(C(=C)Nc2cc(C)ccc2C)ccc1C. The Bertz CT molecular complexity index is 779. The van der Waals surface area contributed by atoms with Crippen LogP contribution in [0.25, 0.3) is 11.3 Å². The number of allylic oxidation sites excluding steroid dienone is 3. The molecule has 0 fully saturated rings. The Labute approximate surface area is 140 Å². The van der Waals surface area contributed by atoms with Crippen LogP contribution in [0, 0.1) is 20.8 Å². The minimum Gasteiger partial charge on any atom is -0.355 e. The first-order chi connectivity index (χ1) is 10.9. The first-order valence-electron chi connectivity index (χ1n) is 7.86. The van der Waals surface area contributed by atoms with Gasteiger partial charge in [-0.25, -0.2) is 0 Å². The van der Waals surface area contributed by atoms with Gasteiger partial charge in [-0.1, -0.05) is 49.6 Å². The van der Waals surface area contributed by atoms with Crippen LogP contribution in [0.15, 0.2) is 61.7 Å². The minimum absolute atomic E-state index is 0.909. The molecule has 0 aliphatic carbocycles. The summed E-state index contributed by atoms with van der Waals surface area (Å²) in [6, 6.07) is 12.8. The summed E-state index contributed by atoms with van der Waals surface area (Å²) in [5.74, 6) is 0. The molecule has 1 N–H and O–H groups in total. The molecule has 23 heavy (non-hydrogen) atoms. The van der Waals surface area contributed by atoms with E-state index in [-0.39, 0.29) is 0 Å². The van der Waals surface area contributed by atoms with Crippen LogP contribution >= 0.6 is 0 Å². The fraction of sp³-hybridized carbons (Fsp3) is 0.182. The predicted octanol–water partition coefficient (Wildman–Crippen LogP) is 6.28. The van der Waals surface area contributed by atoms with Gasteiger partial charge in [-0.15, -0.1) is 0 Å². The molecule has 0 aromatic heterocycles. The molecule has 0 saturated heterocycles. The number of hydrogen-bond donors (Lipinski definition) is 1. The van der Waals surface area contributed by atoms with E-state index < -0.39 is 0 Å². The second-order valence-electron chi connectivity index (χ2n) is 6.04. The predicted molar refractivity (Wildman–Crippen MR) is 104 cm³/mol. The summed E-state index contributed by atoms with van der Waals surface area (Å²) < 4.78 is 0. The van der Waals surface area contributed by atoms with Crippen molar-refractivity contribution in [3.8, 4) is 0 Å². The van der Waals surface area contributed by atoms with Crippen molar-refractivity contribution in [1.82, 2.24) is 0 Å². The molecule has 118 valence electrons. The Morgan fingerprint density at radius 3 is 2.39 bits per heavy atom. The van der Waals surface area contributed by atoms with Crippen molar-refractivity contribution < 1.29 is 0 Å². The molecule has 1 heteroatoms. The number of nitrogens with one attached hydrogen (secondary N) is 1. The summed E-state index contributed by atoms with van der Waals surface area (Å²) in [5.41, 5.74) is 9.26. The normalized spacial score (nSPS) is 11.2. The monoisotopic (exact) mass is 303 g/mol. The molecule has 0 atom stereocenters. The molecule has 0 spiro atoms. The first-order valence-corrected chi connectivity index (χ1v) is 7.86. The van der Waals surface area contributed by atoms with Gasteiger partial charge in [0.05, 0.1) is 0 Å². The molecule has 2 aromatic carbocycles. The summed E-state index contributed by atoms with van der Waals surface area (Å²) >= 11 is 0. The lowest BCUT2D eigenvalue weighted by Crippen LogP contribution is -2.00. The van der Waals surface area contributed by atoms with E-state index in [0.29, 0.717) is 0 Å². The molecule has 0 saturated carbocycles. The van der Waals surface area contributed by atoms with Crippen LogP contribution in [0.5, 0.6) is 0 Å². The van der Waals surface area contributed by atoms with Crippen LogP contribution in [0.1, 0.15) is 34.7 Å². The van der Waals surface area contributed by atoms with Crippen LogP contribution < -0.4 is 5.32 Å². The lowest BCUT2D eigenvalue weighted by atomic mass is 9.97. The molecule has 1 nitrogen and oxygen atoms in total. The Kier molecular flexibility index (Phi) is 5.23. The average molecular weight is 303 g/mol. The Morgan fingerprint density at radius 2 is 1.70 bits per heavy atom. The van der Waals surface area contributed by atoms with E-state index in [0.717, 1.165) is 16.9 Å². The molecule has 0 bridgehead atoms. The van der Waals surface area contributed by atoms with E-state index in [2.05, 4.69) is 82.6 Å². The van der Waals surface area contributed by atoms with Crippen molar-refractivity contribution in [2.75, 3.05) is 5.32 Å². The van der Waals surface area contributed by atoms with Crippen molar-refractivity contribution in [3.63, 3.8) is 0 Å². The maximum absolute atomic E-state index is 4.22. The molecular formula is C22H25N. The summed E-state index contributed by atoms with van der Waals surface area (Å²) in [6.45, 7) is 16.4. The van der Waals surface area contributed by atoms with E-state index in [1.165, 1.54) is 27.8 Å². The third kappa shape index (κ3) is 4.01. The van der Waals surface area contributed by atoms with Gasteiger partial charge in [0.1, 0.15) is 0 Å². The van der Waals surface area contributed by atoms with E-state index in [1.54, 1.807) is 0 Å². The van der Waals surface area contributed by atoms with Crippen molar-refractivity contribution >= 4 is 17.0 Å². The Balaban J connectivity index is 2.33. The zero-order valence-corrected chi connectivity index (χ0v) is 14.5. The third-order valence-electron chi connectivity index (χ3n) is 4.06. The third-order valence-corrected chi connectivity index (χ3v) is 4.06. The van der Waals surface area contributed by atoms with Gasteiger partial charge in [0.15, 0.2) is 0 Å². The molecule has 0 radical (unpaired) electrons. The van der Waals surface area contributed by atoms with Crippen LogP contribution in [0.4, 0.5) is 5.69 Å². The quantitative estimate of drug-likeness (QED) is 0.640. The van der Waals surface area contributed by atoms with E-state index in [1.807, 2.05) is 12.2 Å². The molecule has 0 unspecified atom stereocenters. The number of aryl methyl sites for hydroxylation is 3. The second-order valence-corrected chi connectivity index (χ2v) is 6.04. The van der Waals surface area contributed by atoms with Gasteiger partial charge in [-0.3, -0.25) is 0 Å². The van der Waals surface area contributed by atoms with Gasteiger partial charge in [-0.2, -0.15) is 0 Å². The Hall–Kier alpha value is -2.54. The molecular weight excluding hydrogens is 278 g/mol. The summed E-state index contributed by atoms with van der Waals surface area (Å²) in [4.78, 5) is 0. The van der Waals surface area contributed by atoms with Crippen molar-refractivity contribution in [3.05, 3.63) is 89.5 Å². The maximum atomic E-state index is 4.22. The first kappa shape index (κ1) is 16.8. The van der Waals surface area contributed by atoms with Crippen molar-refractivity contribution in [2.24, 2.45) is 0 Å². The highest BCUT2D eigenvalue weighted by molar-refractivity contribution is 5.79. The standard InChI is InChI=1S/C22H25N/c1-7-8-16(3)21-14-20(12-11-17(21)4)19(6)23-22-13-15(2)9-10-18(22)5/h7-14,23H,1,6H2,2-5H3/b16-8-. The topological polar surface area (TPSA) is 12.0 Å². The lowest BCUT2D eigenvalue weighted by molar-refractivity contribution is 1.36. The fourth-order valence-electron chi connectivity index (χ4n) is 2.61. The largest absolute Gasteiger partial charge is 0.355 e. The van der Waals surface area contributed by atoms with Gasteiger partial charge in [0.2, 0.25) is 0 Å².